The normalized spacial score (nSPS) is 18.9. The summed E-state index contributed by atoms with van der Waals surface area (Å²) in [5, 5.41) is 15.2. The molecule has 1 aliphatic heterocycles. The van der Waals surface area contributed by atoms with Crippen molar-refractivity contribution in [2.24, 2.45) is 10.4 Å². The minimum Gasteiger partial charge on any atom is -0.616 e. The number of hydrogen-bond acceptors (Lipinski definition) is 6. The number of nitrogens with zero attached hydrogens (tertiary/aromatic N) is 2. The van der Waals surface area contributed by atoms with Gasteiger partial charge in [0.15, 0.2) is 11.7 Å². The van der Waals surface area contributed by atoms with Crippen molar-refractivity contribution in [3.8, 4) is 0 Å². The average molecular weight is 439 g/mol. The van der Waals surface area contributed by atoms with E-state index in [1.54, 1.807) is 6.20 Å². The molecule has 4 N–H and O–H groups in total. The molecule has 2 unspecified atom stereocenters. The SMILES string of the molecule is CC(C)(C)[C@@H](C[S+]([O-])CC(=O)O)NC1=NC(c2c[nH]c3ncc(F)cc23)NC=C1F. The Bertz CT molecular complexity index is 1000. The number of rotatable bonds is 6. The highest BCUT2D eigenvalue weighted by molar-refractivity contribution is 7.92. The molecule has 30 heavy (non-hydrogen) atoms. The van der Waals surface area contributed by atoms with E-state index in [1.807, 2.05) is 20.8 Å². The molecule has 0 bridgehead atoms. The maximum atomic E-state index is 14.5. The Labute approximate surface area is 175 Å². The van der Waals surface area contributed by atoms with Crippen molar-refractivity contribution in [2.75, 3.05) is 11.5 Å². The number of aliphatic imine (C=N–C) groups is 1. The summed E-state index contributed by atoms with van der Waals surface area (Å²) in [4.78, 5) is 22.1. The molecule has 1 aliphatic rings. The lowest BCUT2D eigenvalue weighted by molar-refractivity contribution is -0.134. The Morgan fingerprint density at radius 1 is 1.43 bits per heavy atom. The van der Waals surface area contributed by atoms with Gasteiger partial charge in [0.1, 0.15) is 23.4 Å². The molecule has 0 spiro atoms. The van der Waals surface area contributed by atoms with E-state index in [0.29, 0.717) is 16.6 Å². The van der Waals surface area contributed by atoms with Crippen molar-refractivity contribution in [2.45, 2.75) is 33.0 Å². The Balaban J connectivity index is 1.86. The third-order valence-corrected chi connectivity index (χ3v) is 5.94. The van der Waals surface area contributed by atoms with Gasteiger partial charge in [-0.1, -0.05) is 20.8 Å². The molecule has 0 aliphatic carbocycles. The molecule has 0 radical (unpaired) electrons. The number of H-pyrrole nitrogens is 1. The van der Waals surface area contributed by atoms with Crippen LogP contribution in [0.4, 0.5) is 8.78 Å². The topological polar surface area (TPSA) is 125 Å². The predicted octanol–water partition coefficient (Wildman–Crippen LogP) is 2.35. The van der Waals surface area contributed by atoms with Crippen molar-refractivity contribution in [3.05, 3.63) is 41.9 Å². The number of fused-ring (bicyclic) bond motifs is 1. The van der Waals surface area contributed by atoms with E-state index < -0.39 is 52.2 Å². The molecule has 0 saturated carbocycles. The second-order valence-corrected chi connectivity index (χ2v) is 9.54. The average Bonchev–Trinajstić information content (AvgIpc) is 3.04. The van der Waals surface area contributed by atoms with Crippen LogP contribution in [0.1, 0.15) is 32.5 Å². The van der Waals surface area contributed by atoms with Crippen molar-refractivity contribution in [3.63, 3.8) is 0 Å². The second kappa shape index (κ2) is 8.60. The standard InChI is InChI=1S/C19H23F2N5O3S/c1-19(2,3)14(8-30(29)9-15(27)28)25-18-13(21)7-24-17(26-18)12-6-23-16-11(12)4-10(20)5-22-16/h4-7,14,17,24H,8-9H2,1-3H3,(H,22,23)(H,25,26)(H,27,28)/t14-,17?,30?/m1/s1. The number of hydrogen-bond donors (Lipinski definition) is 4. The van der Waals surface area contributed by atoms with Crippen LogP contribution in [0.5, 0.6) is 0 Å². The lowest BCUT2D eigenvalue weighted by Crippen LogP contribution is -2.49. The summed E-state index contributed by atoms with van der Waals surface area (Å²) in [6, 6.07) is 0.816. The molecule has 2 aromatic heterocycles. The minimum atomic E-state index is -1.63. The van der Waals surface area contributed by atoms with E-state index in [4.69, 9.17) is 5.11 Å². The lowest BCUT2D eigenvalue weighted by Gasteiger charge is -2.33. The number of aromatic nitrogens is 2. The molecule has 2 aromatic rings. The first-order valence-corrected chi connectivity index (χ1v) is 10.7. The first kappa shape index (κ1) is 22.0. The zero-order valence-corrected chi connectivity index (χ0v) is 17.5. The van der Waals surface area contributed by atoms with Gasteiger partial charge in [-0.15, -0.1) is 0 Å². The summed E-state index contributed by atoms with van der Waals surface area (Å²) < 4.78 is 40.3. The van der Waals surface area contributed by atoms with Gasteiger partial charge in [-0.25, -0.2) is 23.6 Å². The highest BCUT2D eigenvalue weighted by atomic mass is 32.2. The van der Waals surface area contributed by atoms with E-state index in [1.165, 1.54) is 6.07 Å². The van der Waals surface area contributed by atoms with Crippen molar-refractivity contribution in [1.82, 2.24) is 20.6 Å². The monoisotopic (exact) mass is 439 g/mol. The molecule has 8 nitrogen and oxygen atoms in total. The molecule has 0 amide bonds. The van der Waals surface area contributed by atoms with Crippen LogP contribution in [0.15, 0.2) is 35.5 Å². The van der Waals surface area contributed by atoms with E-state index >= 15 is 0 Å². The van der Waals surface area contributed by atoms with Gasteiger partial charge in [0.05, 0.1) is 12.2 Å². The van der Waals surface area contributed by atoms with Gasteiger partial charge in [-0.05, 0) is 22.7 Å². The Morgan fingerprint density at radius 3 is 2.83 bits per heavy atom. The third kappa shape index (κ3) is 5.08. The van der Waals surface area contributed by atoms with E-state index in [9.17, 15) is 18.1 Å². The van der Waals surface area contributed by atoms with Gasteiger partial charge in [-0.2, -0.15) is 0 Å². The van der Waals surface area contributed by atoms with Crippen LogP contribution in [0.2, 0.25) is 0 Å². The third-order valence-electron chi connectivity index (χ3n) is 4.67. The van der Waals surface area contributed by atoms with Crippen LogP contribution in [0.25, 0.3) is 11.0 Å². The molecule has 0 saturated heterocycles. The number of carboxylic acid groups (broad SMARTS) is 1. The molecule has 11 heteroatoms. The van der Waals surface area contributed by atoms with E-state index in [2.05, 4.69) is 25.6 Å². The van der Waals surface area contributed by atoms with E-state index in [0.717, 1.165) is 12.4 Å². The molecule has 0 fully saturated rings. The van der Waals surface area contributed by atoms with Crippen molar-refractivity contribution in [1.29, 1.82) is 0 Å². The van der Waals surface area contributed by atoms with E-state index in [-0.39, 0.29) is 11.6 Å². The fraction of sp³-hybridized carbons (Fsp3) is 0.421. The molecular weight excluding hydrogens is 416 g/mol. The van der Waals surface area contributed by atoms with Crippen LogP contribution < -0.4 is 10.6 Å². The maximum absolute atomic E-state index is 14.5. The van der Waals surface area contributed by atoms with Gasteiger partial charge in [0.2, 0.25) is 5.75 Å². The van der Waals surface area contributed by atoms with Crippen LogP contribution in [0.3, 0.4) is 0 Å². The number of amidine groups is 1. The second-order valence-electron chi connectivity index (χ2n) is 8.04. The Kier molecular flexibility index (Phi) is 6.32. The Hall–Kier alpha value is -2.66. The smallest absolute Gasteiger partial charge is 0.353 e. The summed E-state index contributed by atoms with van der Waals surface area (Å²) >= 11 is -1.63. The number of aromatic amines is 1. The molecule has 162 valence electrons. The first-order valence-electron chi connectivity index (χ1n) is 9.20. The van der Waals surface area contributed by atoms with Crippen molar-refractivity contribution < 1.29 is 23.2 Å². The van der Waals surface area contributed by atoms with Crippen LogP contribution in [0, 0.1) is 11.2 Å². The maximum Gasteiger partial charge on any atom is 0.353 e. The van der Waals surface area contributed by atoms with Crippen LogP contribution in [-0.4, -0.2) is 49.0 Å². The van der Waals surface area contributed by atoms with Gasteiger partial charge in [0, 0.05) is 23.3 Å². The predicted molar refractivity (Wildman–Crippen MR) is 110 cm³/mol. The van der Waals surface area contributed by atoms with Gasteiger partial charge in [0.25, 0.3) is 0 Å². The summed E-state index contributed by atoms with van der Waals surface area (Å²) in [7, 11) is 0. The fourth-order valence-corrected chi connectivity index (χ4v) is 4.34. The van der Waals surface area contributed by atoms with Gasteiger partial charge < -0.3 is 25.3 Å². The quantitative estimate of drug-likeness (QED) is 0.512. The number of pyridine rings is 1. The van der Waals surface area contributed by atoms with Gasteiger partial charge >= 0.3 is 5.97 Å². The largest absolute Gasteiger partial charge is 0.616 e. The lowest BCUT2D eigenvalue weighted by atomic mass is 9.88. The summed E-state index contributed by atoms with van der Waals surface area (Å²) in [6.45, 7) is 5.62. The number of halogens is 2. The fourth-order valence-electron chi connectivity index (χ4n) is 2.99. The molecule has 0 aromatic carbocycles. The Morgan fingerprint density at radius 2 is 2.17 bits per heavy atom. The number of carboxylic acids is 1. The number of carbonyl (C=O) groups is 1. The molecule has 3 rings (SSSR count). The summed E-state index contributed by atoms with van der Waals surface area (Å²) in [6.07, 6.45) is 3.17. The summed E-state index contributed by atoms with van der Waals surface area (Å²) in [5.41, 5.74) is 0.608. The molecular formula is C19H23F2N5O3S. The minimum absolute atomic E-state index is 0.0163. The van der Waals surface area contributed by atoms with Crippen molar-refractivity contribution >= 4 is 34.0 Å². The zero-order valence-electron chi connectivity index (χ0n) is 16.7. The highest BCUT2D eigenvalue weighted by Gasteiger charge is 2.33. The summed E-state index contributed by atoms with van der Waals surface area (Å²) in [5.74, 6) is -2.83. The molecule has 3 atom stereocenters. The van der Waals surface area contributed by atoms with Gasteiger partial charge in [-0.3, -0.25) is 0 Å². The zero-order chi connectivity index (χ0) is 22.1. The number of nitrogens with one attached hydrogen (secondary N) is 3. The first-order chi connectivity index (χ1) is 14.0. The number of aliphatic carboxylic acids is 1. The van der Waals surface area contributed by atoms with Crippen LogP contribution in [-0.2, 0) is 16.0 Å². The van der Waals surface area contributed by atoms with Crippen LogP contribution >= 0.6 is 0 Å². The molecule has 3 heterocycles. The highest BCUT2D eigenvalue weighted by Crippen LogP contribution is 2.28.